The highest BCUT2D eigenvalue weighted by Gasteiger charge is 2.28. The van der Waals surface area contributed by atoms with Gasteiger partial charge in [0, 0.05) is 48.1 Å². The van der Waals surface area contributed by atoms with Gasteiger partial charge >= 0.3 is 0 Å². The molecule has 1 aliphatic heterocycles. The summed E-state index contributed by atoms with van der Waals surface area (Å²) in [4.78, 5) is 14.2. The Morgan fingerprint density at radius 2 is 1.70 bits per heavy atom. The lowest BCUT2D eigenvalue weighted by Gasteiger charge is -2.34. The molecule has 3 aromatic carbocycles. The minimum atomic E-state index is 0.285. The van der Waals surface area contributed by atoms with E-state index in [1.807, 2.05) is 12.1 Å². The summed E-state index contributed by atoms with van der Waals surface area (Å²) in [6.07, 6.45) is 11.6. The fourth-order valence-electron chi connectivity index (χ4n) is 8.12. The van der Waals surface area contributed by atoms with Crippen LogP contribution in [0.15, 0.2) is 71.4 Å². The fourth-order valence-corrected chi connectivity index (χ4v) is 8.36. The van der Waals surface area contributed by atoms with Crippen molar-refractivity contribution in [2.75, 3.05) is 26.2 Å². The number of ether oxygens (including phenoxy) is 2. The van der Waals surface area contributed by atoms with Crippen molar-refractivity contribution in [2.24, 2.45) is 0 Å². The van der Waals surface area contributed by atoms with Gasteiger partial charge in [0.15, 0.2) is 11.5 Å². The Bertz CT molecular complexity index is 2050. The van der Waals surface area contributed by atoms with Crippen LogP contribution in [0, 0.1) is 18.3 Å². The highest BCUT2D eigenvalue weighted by molar-refractivity contribution is 6.32. The van der Waals surface area contributed by atoms with E-state index >= 15 is 0 Å². The maximum Gasteiger partial charge on any atom is 0.198 e. The largest absolute Gasteiger partial charge is 0.488 e. The highest BCUT2D eigenvalue weighted by atomic mass is 35.5. The van der Waals surface area contributed by atoms with Crippen molar-refractivity contribution in [1.82, 2.24) is 19.8 Å². The van der Waals surface area contributed by atoms with Gasteiger partial charge in [0.05, 0.1) is 10.6 Å². The van der Waals surface area contributed by atoms with E-state index in [1.165, 1.54) is 32.1 Å². The van der Waals surface area contributed by atoms with Crippen LogP contribution in [0.5, 0.6) is 11.5 Å². The number of nitriles is 1. The number of piperidine rings is 1. The number of hydrogen-bond acceptors (Lipinski definition) is 8. The van der Waals surface area contributed by atoms with Gasteiger partial charge in [0.1, 0.15) is 36.3 Å². The van der Waals surface area contributed by atoms with E-state index in [4.69, 9.17) is 30.5 Å². The molecule has 0 amide bonds. The number of nitrogens with zero attached hydrogens (tertiary/aromatic N) is 5. The lowest BCUT2D eigenvalue weighted by atomic mass is 9.85. The average Bonchev–Trinajstić information content (AvgIpc) is 3.62. The summed E-state index contributed by atoms with van der Waals surface area (Å²) in [5.41, 5.74) is 8.56. The predicted octanol–water partition coefficient (Wildman–Crippen LogP) is 10.2. The first-order valence-electron chi connectivity index (χ1n) is 19.3. The molecule has 2 aromatic heterocycles. The second kappa shape index (κ2) is 17.2. The molecule has 276 valence electrons. The SMILES string of the molecule is CCN(CC)C1CCC(c2nc3cc(-c4cccc(COc5cc(OCc6cncc(C#N)c6)c(CN6CCCCC6)cc5Cl)c4C)ccc3o2)CC1. The molecule has 0 radical (unpaired) electrons. The molecule has 1 aliphatic carbocycles. The Labute approximate surface area is 318 Å². The molecule has 0 bridgehead atoms. The van der Waals surface area contributed by atoms with Crippen LogP contribution in [-0.2, 0) is 19.8 Å². The number of fused-ring (bicyclic) bond motifs is 1. The normalized spacial score (nSPS) is 18.0. The third kappa shape index (κ3) is 8.70. The third-order valence-electron chi connectivity index (χ3n) is 11.2. The Hall–Kier alpha value is -4.42. The van der Waals surface area contributed by atoms with Crippen molar-refractivity contribution in [1.29, 1.82) is 5.26 Å². The lowest BCUT2D eigenvalue weighted by Crippen LogP contribution is -2.37. The first-order valence-corrected chi connectivity index (χ1v) is 19.7. The molecule has 9 heteroatoms. The molecule has 53 heavy (non-hydrogen) atoms. The van der Waals surface area contributed by atoms with E-state index in [0.717, 1.165) is 102 Å². The highest BCUT2D eigenvalue weighted by Crippen LogP contribution is 2.38. The number of aromatic nitrogens is 2. The molecule has 0 N–H and O–H groups in total. The summed E-state index contributed by atoms with van der Waals surface area (Å²) in [7, 11) is 0. The number of benzene rings is 3. The van der Waals surface area contributed by atoms with Crippen LogP contribution >= 0.6 is 11.6 Å². The molecule has 0 unspecified atom stereocenters. The number of halogens is 1. The number of likely N-dealkylation sites (tertiary alicyclic amines) is 1. The second-order valence-corrected chi connectivity index (χ2v) is 15.0. The van der Waals surface area contributed by atoms with Gasteiger partial charge in [-0.05, 0) is 118 Å². The van der Waals surface area contributed by atoms with Crippen molar-refractivity contribution < 1.29 is 13.9 Å². The number of rotatable bonds is 13. The third-order valence-corrected chi connectivity index (χ3v) is 11.5. The number of hydrogen-bond donors (Lipinski definition) is 0. The Balaban J connectivity index is 1.07. The average molecular weight is 732 g/mol. The Morgan fingerprint density at radius 1 is 0.906 bits per heavy atom. The summed E-state index contributed by atoms with van der Waals surface area (Å²) in [6, 6.07) is 21.2. The minimum Gasteiger partial charge on any atom is -0.488 e. The van der Waals surface area contributed by atoms with Crippen molar-refractivity contribution in [3.05, 3.63) is 106 Å². The van der Waals surface area contributed by atoms with Gasteiger partial charge in [0.2, 0.25) is 0 Å². The van der Waals surface area contributed by atoms with Crippen LogP contribution in [0.4, 0.5) is 0 Å². The van der Waals surface area contributed by atoms with Crippen LogP contribution in [0.3, 0.4) is 0 Å². The molecule has 5 aromatic rings. The van der Waals surface area contributed by atoms with E-state index < -0.39 is 0 Å². The van der Waals surface area contributed by atoms with Gasteiger partial charge in [-0.25, -0.2) is 4.98 Å². The summed E-state index contributed by atoms with van der Waals surface area (Å²) in [5, 5.41) is 9.90. The molecule has 0 spiro atoms. The molecule has 1 saturated heterocycles. The van der Waals surface area contributed by atoms with E-state index in [-0.39, 0.29) is 6.61 Å². The molecule has 3 heterocycles. The lowest BCUT2D eigenvalue weighted by molar-refractivity contribution is 0.159. The van der Waals surface area contributed by atoms with Crippen molar-refractivity contribution >= 4 is 22.7 Å². The molecule has 2 fully saturated rings. The van der Waals surface area contributed by atoms with Gasteiger partial charge in [-0.1, -0.05) is 56.1 Å². The van der Waals surface area contributed by atoms with Crippen LogP contribution in [-0.4, -0.2) is 52.0 Å². The zero-order valence-corrected chi connectivity index (χ0v) is 32.0. The van der Waals surface area contributed by atoms with E-state index in [9.17, 15) is 5.26 Å². The predicted molar refractivity (Wildman–Crippen MR) is 210 cm³/mol. The first kappa shape index (κ1) is 36.9. The fraction of sp³-hybridized carbons (Fsp3) is 0.432. The van der Waals surface area contributed by atoms with Gasteiger partial charge in [-0.15, -0.1) is 0 Å². The molecule has 8 nitrogen and oxygen atoms in total. The van der Waals surface area contributed by atoms with Gasteiger partial charge < -0.3 is 18.8 Å². The number of oxazole rings is 1. The first-order chi connectivity index (χ1) is 25.9. The molecular weight excluding hydrogens is 682 g/mol. The van der Waals surface area contributed by atoms with Crippen molar-refractivity contribution in [2.45, 2.75) is 97.4 Å². The Morgan fingerprint density at radius 3 is 2.47 bits per heavy atom. The standard InChI is InChI=1S/C44H50ClN5O3/c1-4-50(5-2)37-15-12-33(13-16-37)44-48-40-22-34(14-17-41(40)53-44)38-11-9-10-35(30(38)3)29-52-43-23-42(51-28-32-20-31(24-46)25-47-26-32)36(21-39(43)45)27-49-18-7-6-8-19-49/h9-11,14,17,20-23,25-26,33,37H,4-8,12-13,15-16,18-19,27-29H2,1-3H3. The van der Waals surface area contributed by atoms with E-state index in [1.54, 1.807) is 18.5 Å². The summed E-state index contributed by atoms with van der Waals surface area (Å²) in [6.45, 7) is 12.4. The quantitative estimate of drug-likeness (QED) is 0.118. The molecule has 2 aliphatic rings. The van der Waals surface area contributed by atoms with Crippen LogP contribution in [0.2, 0.25) is 5.02 Å². The molecule has 7 rings (SSSR count). The van der Waals surface area contributed by atoms with Crippen molar-refractivity contribution in [3.8, 4) is 28.7 Å². The minimum absolute atomic E-state index is 0.285. The summed E-state index contributed by atoms with van der Waals surface area (Å²) in [5.74, 6) is 2.55. The van der Waals surface area contributed by atoms with Crippen LogP contribution < -0.4 is 9.47 Å². The van der Waals surface area contributed by atoms with Crippen LogP contribution in [0.25, 0.3) is 22.2 Å². The maximum atomic E-state index is 9.34. The van der Waals surface area contributed by atoms with E-state index in [0.29, 0.717) is 34.9 Å². The summed E-state index contributed by atoms with van der Waals surface area (Å²) >= 11 is 6.89. The number of pyridine rings is 1. The maximum absolute atomic E-state index is 9.34. The smallest absolute Gasteiger partial charge is 0.198 e. The van der Waals surface area contributed by atoms with Gasteiger partial charge in [-0.2, -0.15) is 5.26 Å². The topological polar surface area (TPSA) is 87.7 Å². The molecular formula is C44H50ClN5O3. The zero-order chi connectivity index (χ0) is 36.7. The second-order valence-electron chi connectivity index (χ2n) is 14.5. The zero-order valence-electron chi connectivity index (χ0n) is 31.2. The molecule has 1 saturated carbocycles. The monoisotopic (exact) mass is 731 g/mol. The van der Waals surface area contributed by atoms with Crippen molar-refractivity contribution in [3.63, 3.8) is 0 Å². The van der Waals surface area contributed by atoms with Gasteiger partial charge in [-0.3, -0.25) is 9.88 Å². The van der Waals surface area contributed by atoms with Gasteiger partial charge in [0.25, 0.3) is 0 Å². The molecule has 0 atom stereocenters. The van der Waals surface area contributed by atoms with Crippen LogP contribution in [0.1, 0.15) is 98.4 Å². The Kier molecular flexibility index (Phi) is 11.9. The summed E-state index contributed by atoms with van der Waals surface area (Å²) < 4.78 is 19.1. The van der Waals surface area contributed by atoms with E-state index in [2.05, 4.69) is 78.0 Å².